The van der Waals surface area contributed by atoms with Gasteiger partial charge in [0.15, 0.2) is 0 Å². The Morgan fingerprint density at radius 2 is 1.56 bits per heavy atom. The Morgan fingerprint density at radius 1 is 0.800 bits per heavy atom. The molecular formula is C36H36Cl3N3O3. The van der Waals surface area contributed by atoms with Crippen LogP contribution in [0, 0.1) is 11.3 Å². The zero-order valence-electron chi connectivity index (χ0n) is 25.3. The number of pyridine rings is 1. The SMILES string of the molecule is CCCCOc1cccc(-c2cccc(COc3cc(OCc4cncc(C#N)c4)c(CN4CCCCC4)cc3Cl)c2Cl)c1Cl. The predicted octanol–water partition coefficient (Wildman–Crippen LogP) is 9.90. The quantitative estimate of drug-likeness (QED) is 0.133. The number of hydrogen-bond donors (Lipinski definition) is 0. The van der Waals surface area contributed by atoms with Crippen molar-refractivity contribution >= 4 is 34.8 Å². The van der Waals surface area contributed by atoms with Gasteiger partial charge in [0.1, 0.15) is 36.5 Å². The average Bonchev–Trinajstić information content (AvgIpc) is 3.06. The van der Waals surface area contributed by atoms with E-state index in [1.165, 1.54) is 25.5 Å². The molecule has 1 aliphatic heterocycles. The summed E-state index contributed by atoms with van der Waals surface area (Å²) in [6.07, 6.45) is 8.84. The lowest BCUT2D eigenvalue weighted by molar-refractivity contribution is 0.214. The molecule has 1 aliphatic rings. The van der Waals surface area contributed by atoms with Gasteiger partial charge in [0.05, 0.1) is 27.2 Å². The Bertz CT molecular complexity index is 1650. The molecular weight excluding hydrogens is 629 g/mol. The van der Waals surface area contributed by atoms with E-state index in [0.717, 1.165) is 60.3 Å². The molecule has 5 rings (SSSR count). The lowest BCUT2D eigenvalue weighted by Crippen LogP contribution is -2.29. The maximum absolute atomic E-state index is 9.27. The van der Waals surface area contributed by atoms with Crippen molar-refractivity contribution in [1.29, 1.82) is 5.26 Å². The van der Waals surface area contributed by atoms with Crippen molar-refractivity contribution in [2.24, 2.45) is 0 Å². The molecule has 0 spiro atoms. The lowest BCUT2D eigenvalue weighted by atomic mass is 10.0. The third kappa shape index (κ3) is 8.62. The number of benzene rings is 3. The first kappa shape index (κ1) is 32.9. The van der Waals surface area contributed by atoms with Gasteiger partial charge in [-0.05, 0) is 50.6 Å². The van der Waals surface area contributed by atoms with Crippen LogP contribution in [0.15, 0.2) is 67.0 Å². The molecule has 9 heteroatoms. The van der Waals surface area contributed by atoms with Crippen molar-refractivity contribution in [3.63, 3.8) is 0 Å². The van der Waals surface area contributed by atoms with E-state index in [4.69, 9.17) is 49.0 Å². The number of aromatic nitrogens is 1. The van der Waals surface area contributed by atoms with E-state index in [-0.39, 0.29) is 13.2 Å². The maximum atomic E-state index is 9.27. The number of ether oxygens (including phenoxy) is 3. The molecule has 0 saturated carbocycles. The minimum absolute atomic E-state index is 0.190. The minimum Gasteiger partial charge on any atom is -0.492 e. The third-order valence-electron chi connectivity index (χ3n) is 7.75. The van der Waals surface area contributed by atoms with Gasteiger partial charge in [0.2, 0.25) is 0 Å². The number of rotatable bonds is 13. The van der Waals surface area contributed by atoms with Crippen LogP contribution in [-0.2, 0) is 19.8 Å². The molecule has 0 unspecified atom stereocenters. The molecule has 6 nitrogen and oxygen atoms in total. The van der Waals surface area contributed by atoms with Crippen LogP contribution in [0.3, 0.4) is 0 Å². The Labute approximate surface area is 280 Å². The molecule has 0 aliphatic carbocycles. The minimum atomic E-state index is 0.190. The Morgan fingerprint density at radius 3 is 2.33 bits per heavy atom. The summed E-state index contributed by atoms with van der Waals surface area (Å²) in [5, 5.41) is 10.8. The second-order valence-electron chi connectivity index (χ2n) is 11.1. The summed E-state index contributed by atoms with van der Waals surface area (Å²) in [6, 6.07) is 19.2. The van der Waals surface area contributed by atoms with Gasteiger partial charge < -0.3 is 14.2 Å². The van der Waals surface area contributed by atoms with E-state index in [1.54, 1.807) is 12.3 Å². The van der Waals surface area contributed by atoms with Crippen LogP contribution in [0.1, 0.15) is 61.3 Å². The van der Waals surface area contributed by atoms with Crippen molar-refractivity contribution in [2.75, 3.05) is 19.7 Å². The number of hydrogen-bond acceptors (Lipinski definition) is 6. The summed E-state index contributed by atoms with van der Waals surface area (Å²) in [5.41, 5.74) is 4.65. The van der Waals surface area contributed by atoms with E-state index in [9.17, 15) is 5.26 Å². The fraction of sp³-hybridized carbons (Fsp3) is 0.333. The van der Waals surface area contributed by atoms with Gasteiger partial charge in [-0.1, -0.05) is 84.9 Å². The van der Waals surface area contributed by atoms with Gasteiger partial charge in [-0.15, -0.1) is 0 Å². The highest BCUT2D eigenvalue weighted by atomic mass is 35.5. The largest absolute Gasteiger partial charge is 0.492 e. The zero-order valence-corrected chi connectivity index (χ0v) is 27.6. The van der Waals surface area contributed by atoms with Gasteiger partial charge in [0, 0.05) is 52.8 Å². The zero-order chi connectivity index (χ0) is 31.6. The van der Waals surface area contributed by atoms with E-state index in [2.05, 4.69) is 22.9 Å². The van der Waals surface area contributed by atoms with Crippen molar-refractivity contribution in [1.82, 2.24) is 9.88 Å². The van der Waals surface area contributed by atoms with Gasteiger partial charge in [-0.25, -0.2) is 0 Å². The summed E-state index contributed by atoms with van der Waals surface area (Å²) in [4.78, 5) is 6.58. The second-order valence-corrected chi connectivity index (χ2v) is 12.3. The number of nitrogens with zero attached hydrogens (tertiary/aromatic N) is 3. The molecule has 3 aromatic carbocycles. The van der Waals surface area contributed by atoms with E-state index >= 15 is 0 Å². The number of halogens is 3. The first-order valence-corrected chi connectivity index (χ1v) is 16.4. The fourth-order valence-electron chi connectivity index (χ4n) is 5.30. The summed E-state index contributed by atoms with van der Waals surface area (Å²) < 4.78 is 18.5. The van der Waals surface area contributed by atoms with Crippen LogP contribution >= 0.6 is 34.8 Å². The predicted molar refractivity (Wildman–Crippen MR) is 180 cm³/mol. The van der Waals surface area contributed by atoms with Gasteiger partial charge in [0.25, 0.3) is 0 Å². The third-order valence-corrected chi connectivity index (χ3v) is 8.88. The van der Waals surface area contributed by atoms with Crippen LogP contribution in [0.4, 0.5) is 0 Å². The molecule has 1 aromatic heterocycles. The molecule has 1 fully saturated rings. The fourth-order valence-corrected chi connectivity index (χ4v) is 6.11. The van der Waals surface area contributed by atoms with Crippen LogP contribution in [-0.4, -0.2) is 29.6 Å². The molecule has 4 aromatic rings. The van der Waals surface area contributed by atoms with Crippen molar-refractivity contribution in [3.8, 4) is 34.4 Å². The smallest absolute Gasteiger partial charge is 0.142 e. The standard InChI is InChI=1S/C36H36Cl3N3O3/c1-2-3-15-43-32-12-8-11-30(36(32)39)29-10-7-9-27(35(29)38)24-45-34-18-33(44-23-26-16-25(19-40)20-41-21-26)28(17-31(34)37)22-42-13-5-4-6-14-42/h7-12,16-18,20-21H,2-6,13-15,22-24H2,1H3. The first-order valence-electron chi connectivity index (χ1n) is 15.3. The Balaban J connectivity index is 1.37. The highest BCUT2D eigenvalue weighted by Gasteiger charge is 2.19. The lowest BCUT2D eigenvalue weighted by Gasteiger charge is -2.27. The van der Waals surface area contributed by atoms with Crippen molar-refractivity contribution in [3.05, 3.63) is 104 Å². The number of likely N-dealkylation sites (tertiary alicyclic amines) is 1. The topological polar surface area (TPSA) is 67.6 Å². The molecule has 0 atom stereocenters. The maximum Gasteiger partial charge on any atom is 0.142 e. The van der Waals surface area contributed by atoms with E-state index in [1.807, 2.05) is 48.5 Å². The summed E-state index contributed by atoms with van der Waals surface area (Å²) in [5.74, 6) is 1.80. The Kier molecular flexibility index (Phi) is 11.8. The van der Waals surface area contributed by atoms with Crippen LogP contribution in [0.25, 0.3) is 11.1 Å². The summed E-state index contributed by atoms with van der Waals surface area (Å²) in [6.45, 7) is 5.97. The van der Waals surface area contributed by atoms with Crippen LogP contribution in [0.2, 0.25) is 15.1 Å². The molecule has 0 N–H and O–H groups in total. The van der Waals surface area contributed by atoms with Crippen LogP contribution in [0.5, 0.6) is 17.2 Å². The number of piperidine rings is 1. The monoisotopic (exact) mass is 663 g/mol. The summed E-state index contributed by atoms with van der Waals surface area (Å²) in [7, 11) is 0. The highest BCUT2D eigenvalue weighted by molar-refractivity contribution is 6.37. The molecule has 45 heavy (non-hydrogen) atoms. The van der Waals surface area contributed by atoms with Gasteiger partial charge in [-0.3, -0.25) is 9.88 Å². The normalized spacial score (nSPS) is 13.3. The second kappa shape index (κ2) is 16.2. The van der Waals surface area contributed by atoms with E-state index < -0.39 is 0 Å². The number of nitriles is 1. The highest BCUT2D eigenvalue weighted by Crippen LogP contribution is 2.40. The molecule has 2 heterocycles. The summed E-state index contributed by atoms with van der Waals surface area (Å²) >= 11 is 20.5. The van der Waals surface area contributed by atoms with Crippen molar-refractivity contribution in [2.45, 2.75) is 58.8 Å². The average molecular weight is 665 g/mol. The van der Waals surface area contributed by atoms with E-state index in [0.29, 0.717) is 44.5 Å². The van der Waals surface area contributed by atoms with Crippen LogP contribution < -0.4 is 14.2 Å². The van der Waals surface area contributed by atoms with Gasteiger partial charge in [-0.2, -0.15) is 5.26 Å². The first-order chi connectivity index (χ1) is 22.0. The molecule has 0 amide bonds. The molecule has 0 bridgehead atoms. The molecule has 1 saturated heterocycles. The molecule has 234 valence electrons. The van der Waals surface area contributed by atoms with Crippen molar-refractivity contribution < 1.29 is 14.2 Å². The Hall–Kier alpha value is -3.47. The van der Waals surface area contributed by atoms with Gasteiger partial charge >= 0.3 is 0 Å². The number of unbranched alkanes of at least 4 members (excludes halogenated alkanes) is 1. The molecule has 0 radical (unpaired) electrons.